The third-order valence-electron chi connectivity index (χ3n) is 3.93. The number of aliphatic hydroxyl groups excluding tert-OH is 1. The van der Waals surface area contributed by atoms with Crippen LogP contribution in [0.1, 0.15) is 71.6 Å². The fourth-order valence-electron chi connectivity index (χ4n) is 2.38. The molecule has 6 nitrogen and oxygen atoms in total. The van der Waals surface area contributed by atoms with Crippen molar-refractivity contribution in [1.29, 1.82) is 0 Å². The number of ketones is 1. The van der Waals surface area contributed by atoms with Crippen LogP contribution in [0, 0.1) is 0 Å². The number of ether oxygens (including phenoxy) is 1. The minimum Gasteiger partial charge on any atom is -0.466 e. The molecule has 6 heteroatoms. The van der Waals surface area contributed by atoms with Crippen LogP contribution in [0.15, 0.2) is 36.5 Å². The minimum atomic E-state index is -0.918. The third kappa shape index (κ3) is 14.8. The monoisotopic (exact) mass is 390 g/mol. The Bertz CT molecular complexity index is 587. The Morgan fingerprint density at radius 3 is 2.50 bits per heavy atom. The number of esters is 1. The van der Waals surface area contributed by atoms with Crippen LogP contribution in [-0.4, -0.2) is 40.1 Å². The molecule has 0 aromatic carbocycles. The Morgan fingerprint density at radius 2 is 1.82 bits per heavy atom. The summed E-state index contributed by atoms with van der Waals surface area (Å²) in [6, 6.07) is 0. The van der Waals surface area contributed by atoms with Crippen molar-refractivity contribution >= 4 is 17.5 Å². The molecule has 0 rings (SSSR count). The topological polar surface area (TPSA) is 100 Å². The quantitative estimate of drug-likeness (QED) is 0.0805. The summed E-state index contributed by atoms with van der Waals surface area (Å²) in [5.41, 5.74) is 9.03. The lowest BCUT2D eigenvalue weighted by atomic mass is 10.1. The molecule has 0 aromatic heterocycles. The number of aliphatic hydroxyl groups is 1. The number of carbonyl (C=O) groups is 2. The van der Waals surface area contributed by atoms with Crippen molar-refractivity contribution in [2.45, 2.75) is 77.7 Å². The Kier molecular flexibility index (Phi) is 16.6. The Morgan fingerprint density at radius 1 is 1.07 bits per heavy atom. The van der Waals surface area contributed by atoms with Gasteiger partial charge >= 0.3 is 11.7 Å². The van der Waals surface area contributed by atoms with Gasteiger partial charge in [0.05, 0.1) is 19.1 Å². The summed E-state index contributed by atoms with van der Waals surface area (Å²) in [6.45, 7) is 4.30. The predicted octanol–water partition coefficient (Wildman–Crippen LogP) is 4.35. The molecule has 0 radical (unpaired) electrons. The van der Waals surface area contributed by atoms with E-state index in [0.717, 1.165) is 12.8 Å². The molecule has 0 fully saturated rings. The molecule has 1 atom stereocenters. The summed E-state index contributed by atoms with van der Waals surface area (Å²) in [7, 11) is 0. The highest BCUT2D eigenvalue weighted by atomic mass is 16.5. The van der Waals surface area contributed by atoms with Crippen molar-refractivity contribution < 1.29 is 24.2 Å². The SMILES string of the molecule is CCCCC/C=C/C=C/C(O)CC(=O)C(C/C=C\CCCC(=O)OCC)=[N+]=[N-]. The van der Waals surface area contributed by atoms with Crippen molar-refractivity contribution in [1.82, 2.24) is 0 Å². The third-order valence-corrected chi connectivity index (χ3v) is 3.93. The van der Waals surface area contributed by atoms with Crippen LogP contribution < -0.4 is 0 Å². The molecule has 1 unspecified atom stereocenters. The van der Waals surface area contributed by atoms with Gasteiger partial charge in [0, 0.05) is 12.8 Å². The van der Waals surface area contributed by atoms with E-state index in [1.165, 1.54) is 12.8 Å². The van der Waals surface area contributed by atoms with Crippen LogP contribution in [0.2, 0.25) is 0 Å². The van der Waals surface area contributed by atoms with Crippen LogP contribution in [0.5, 0.6) is 0 Å². The molecule has 28 heavy (non-hydrogen) atoms. The van der Waals surface area contributed by atoms with Crippen LogP contribution in [-0.2, 0) is 14.3 Å². The average molecular weight is 391 g/mol. The van der Waals surface area contributed by atoms with Gasteiger partial charge in [-0.05, 0) is 32.6 Å². The molecule has 0 aliphatic rings. The molecular formula is C22H34N2O4. The highest BCUT2D eigenvalue weighted by molar-refractivity contribution is 6.37. The highest BCUT2D eigenvalue weighted by Crippen LogP contribution is 2.03. The lowest BCUT2D eigenvalue weighted by molar-refractivity contribution is -0.143. The molecular weight excluding hydrogens is 356 g/mol. The van der Waals surface area contributed by atoms with Crippen LogP contribution >= 0.6 is 0 Å². The fourth-order valence-corrected chi connectivity index (χ4v) is 2.38. The van der Waals surface area contributed by atoms with E-state index >= 15 is 0 Å². The van der Waals surface area contributed by atoms with Gasteiger partial charge in [0.1, 0.15) is 0 Å². The number of hydrogen-bond acceptors (Lipinski definition) is 4. The van der Waals surface area contributed by atoms with Crippen LogP contribution in [0.3, 0.4) is 0 Å². The van der Waals surface area contributed by atoms with Crippen molar-refractivity contribution in [3.05, 3.63) is 42.0 Å². The molecule has 0 bridgehead atoms. The van der Waals surface area contributed by atoms with Gasteiger partial charge in [0.15, 0.2) is 0 Å². The first-order chi connectivity index (χ1) is 13.5. The maximum atomic E-state index is 12.1. The first kappa shape index (κ1) is 25.7. The zero-order valence-electron chi connectivity index (χ0n) is 17.2. The first-order valence-electron chi connectivity index (χ1n) is 10.1. The van der Waals surface area contributed by atoms with Gasteiger partial charge in [0.25, 0.3) is 0 Å². The number of hydrogen-bond donors (Lipinski definition) is 1. The average Bonchev–Trinajstić information content (AvgIpc) is 2.66. The van der Waals surface area contributed by atoms with E-state index in [4.69, 9.17) is 10.3 Å². The van der Waals surface area contributed by atoms with Crippen molar-refractivity contribution in [2.24, 2.45) is 0 Å². The van der Waals surface area contributed by atoms with Crippen molar-refractivity contribution in [3.63, 3.8) is 0 Å². The zero-order chi connectivity index (χ0) is 21.0. The van der Waals surface area contributed by atoms with Crippen LogP contribution in [0.25, 0.3) is 5.53 Å². The smallest absolute Gasteiger partial charge is 0.338 e. The lowest BCUT2D eigenvalue weighted by Crippen LogP contribution is -2.20. The van der Waals surface area contributed by atoms with Gasteiger partial charge in [-0.1, -0.05) is 56.2 Å². The molecule has 0 amide bonds. The number of unbranched alkanes of at least 4 members (excludes halogenated alkanes) is 4. The van der Waals surface area contributed by atoms with E-state index < -0.39 is 11.9 Å². The molecule has 0 aliphatic heterocycles. The number of allylic oxidation sites excluding steroid dienone is 5. The zero-order valence-corrected chi connectivity index (χ0v) is 17.2. The van der Waals surface area contributed by atoms with E-state index in [-0.39, 0.29) is 24.5 Å². The number of carbonyl (C=O) groups excluding carboxylic acids is 2. The Balaban J connectivity index is 4.15. The Labute approximate surface area is 168 Å². The largest absolute Gasteiger partial charge is 0.466 e. The maximum absolute atomic E-state index is 12.1. The van der Waals surface area contributed by atoms with Crippen molar-refractivity contribution in [3.8, 4) is 0 Å². The molecule has 156 valence electrons. The Hall–Kier alpha value is -2.30. The van der Waals surface area contributed by atoms with Gasteiger partial charge in [-0.15, -0.1) is 0 Å². The second-order valence-electron chi connectivity index (χ2n) is 6.42. The molecule has 1 N–H and O–H groups in total. The van der Waals surface area contributed by atoms with Gasteiger partial charge in [0.2, 0.25) is 5.78 Å². The van der Waals surface area contributed by atoms with Gasteiger partial charge < -0.3 is 15.4 Å². The van der Waals surface area contributed by atoms with E-state index in [2.05, 4.69) is 11.7 Å². The molecule has 0 aliphatic carbocycles. The lowest BCUT2D eigenvalue weighted by Gasteiger charge is -2.01. The van der Waals surface area contributed by atoms with Gasteiger partial charge in [-0.25, -0.2) is 0 Å². The van der Waals surface area contributed by atoms with E-state index in [1.807, 2.05) is 18.2 Å². The molecule has 0 heterocycles. The maximum Gasteiger partial charge on any atom is 0.338 e. The summed E-state index contributed by atoms with van der Waals surface area (Å²) < 4.78 is 4.84. The number of rotatable bonds is 16. The van der Waals surface area contributed by atoms with Crippen LogP contribution in [0.4, 0.5) is 0 Å². The minimum absolute atomic E-state index is 0.00389. The molecule has 0 spiro atoms. The number of Topliss-reactive ketones (excluding diaryl/α,β-unsaturated/α-hetero) is 1. The first-order valence-corrected chi connectivity index (χ1v) is 10.1. The number of nitrogens with zero attached hydrogens (tertiary/aromatic N) is 2. The van der Waals surface area contributed by atoms with Gasteiger partial charge in [-0.2, -0.15) is 4.79 Å². The molecule has 0 saturated heterocycles. The summed E-state index contributed by atoms with van der Waals surface area (Å²) >= 11 is 0. The second kappa shape index (κ2) is 18.1. The summed E-state index contributed by atoms with van der Waals surface area (Å²) in [5, 5.41) is 9.90. The van der Waals surface area contributed by atoms with E-state index in [9.17, 15) is 14.7 Å². The van der Waals surface area contributed by atoms with Crippen molar-refractivity contribution in [2.75, 3.05) is 6.61 Å². The summed E-state index contributed by atoms with van der Waals surface area (Å²) in [4.78, 5) is 26.3. The summed E-state index contributed by atoms with van der Waals surface area (Å²) in [5.74, 6) is -0.621. The second-order valence-corrected chi connectivity index (χ2v) is 6.42. The fraction of sp³-hybridized carbons (Fsp3) is 0.591. The highest BCUT2D eigenvalue weighted by Gasteiger charge is 2.20. The standard InChI is InChI=1S/C22H34N2O4/c1-3-5-6-7-8-9-12-15-19(25)18-21(26)20(24-23)16-13-10-11-14-17-22(27)28-4-2/h8-10,12-13,15,19,25H,3-7,11,14,16-18H2,1-2H3/b9-8+,13-10-,15-12+. The predicted molar refractivity (Wildman–Crippen MR) is 111 cm³/mol. The molecule has 0 saturated carbocycles. The van der Waals surface area contributed by atoms with E-state index in [1.54, 1.807) is 25.2 Å². The normalized spacial score (nSPS) is 12.5. The summed E-state index contributed by atoms with van der Waals surface area (Å²) in [6.07, 6.45) is 16.1. The van der Waals surface area contributed by atoms with Gasteiger partial charge in [-0.3, -0.25) is 9.59 Å². The van der Waals surface area contributed by atoms with E-state index in [0.29, 0.717) is 25.9 Å². The molecule has 0 aromatic rings.